The normalized spacial score (nSPS) is 15.4. The largest absolute Gasteiger partial charge is 0.493 e. The average Bonchev–Trinajstić information content (AvgIpc) is 2.75. The molecular formula is C20H19F6NO3. The van der Waals surface area contributed by atoms with Crippen molar-refractivity contribution in [1.29, 1.82) is 0 Å². The lowest BCUT2D eigenvalue weighted by atomic mass is 9.71. The van der Waals surface area contributed by atoms with Crippen LogP contribution in [0.25, 0.3) is 0 Å². The van der Waals surface area contributed by atoms with Crippen molar-refractivity contribution in [3.05, 3.63) is 58.2 Å². The van der Waals surface area contributed by atoms with Crippen molar-refractivity contribution in [3.8, 4) is 11.5 Å². The molecule has 0 aliphatic carbocycles. The van der Waals surface area contributed by atoms with E-state index in [1.54, 1.807) is 0 Å². The van der Waals surface area contributed by atoms with Crippen molar-refractivity contribution >= 4 is 0 Å². The highest BCUT2D eigenvalue weighted by Crippen LogP contribution is 2.49. The van der Waals surface area contributed by atoms with Crippen molar-refractivity contribution < 1.29 is 40.9 Å². The van der Waals surface area contributed by atoms with Crippen LogP contribution in [-0.4, -0.2) is 32.4 Å². The van der Waals surface area contributed by atoms with E-state index in [4.69, 9.17) is 9.47 Å². The van der Waals surface area contributed by atoms with Gasteiger partial charge in [-0.05, 0) is 44.0 Å². The van der Waals surface area contributed by atoms with Gasteiger partial charge in [-0.25, -0.2) is 17.6 Å². The summed E-state index contributed by atoms with van der Waals surface area (Å²) in [6.07, 6.45) is 0.425. The molecule has 1 aliphatic rings. The highest BCUT2D eigenvalue weighted by atomic mass is 19.2. The monoisotopic (exact) mass is 435 g/mol. The van der Waals surface area contributed by atoms with E-state index in [0.717, 1.165) is 14.2 Å². The number of methoxy groups -OCH3 is 2. The van der Waals surface area contributed by atoms with E-state index >= 15 is 0 Å². The molecule has 0 spiro atoms. The van der Waals surface area contributed by atoms with Crippen molar-refractivity contribution in [2.75, 3.05) is 27.3 Å². The molecule has 1 heterocycles. The van der Waals surface area contributed by atoms with Crippen LogP contribution in [0.5, 0.6) is 11.5 Å². The number of hydrogen-bond acceptors (Lipinski definition) is 4. The molecule has 0 radical (unpaired) electrons. The molecule has 0 saturated carbocycles. The number of halogens is 6. The maximum Gasteiger partial charge on any atom is 0.204 e. The summed E-state index contributed by atoms with van der Waals surface area (Å²) in [5.74, 6) is -12.9. The van der Waals surface area contributed by atoms with E-state index in [1.165, 1.54) is 0 Å². The van der Waals surface area contributed by atoms with Gasteiger partial charge in [-0.1, -0.05) is 0 Å². The van der Waals surface area contributed by atoms with Crippen molar-refractivity contribution in [2.24, 2.45) is 5.92 Å². The zero-order chi connectivity index (χ0) is 22.2. The van der Waals surface area contributed by atoms with Crippen LogP contribution in [0.15, 0.2) is 12.1 Å². The molecule has 0 bridgehead atoms. The number of hydrogen-bond donors (Lipinski definition) is 2. The Morgan fingerprint density at radius 3 is 1.57 bits per heavy atom. The van der Waals surface area contributed by atoms with E-state index in [0.29, 0.717) is 25.2 Å². The van der Waals surface area contributed by atoms with Gasteiger partial charge in [0.2, 0.25) is 11.6 Å². The molecule has 30 heavy (non-hydrogen) atoms. The van der Waals surface area contributed by atoms with Crippen molar-refractivity contribution in [3.63, 3.8) is 0 Å². The van der Waals surface area contributed by atoms with Crippen LogP contribution in [0.3, 0.4) is 0 Å². The summed E-state index contributed by atoms with van der Waals surface area (Å²) in [5, 5.41) is 14.8. The van der Waals surface area contributed by atoms with E-state index in [-0.39, 0.29) is 12.8 Å². The van der Waals surface area contributed by atoms with E-state index in [1.807, 2.05) is 0 Å². The zero-order valence-corrected chi connectivity index (χ0v) is 16.1. The van der Waals surface area contributed by atoms with Crippen LogP contribution in [0, 0.1) is 40.8 Å². The third kappa shape index (κ3) is 3.37. The SMILES string of the molecule is COc1c(C(O)(c2cc(F)c(F)c(F)c2OC)C2CCNCC2)cc(F)c(F)c1F. The Hall–Kier alpha value is -2.46. The topological polar surface area (TPSA) is 50.7 Å². The Morgan fingerprint density at radius 2 is 1.20 bits per heavy atom. The van der Waals surface area contributed by atoms with Crippen LogP contribution in [0.2, 0.25) is 0 Å². The molecule has 0 unspecified atom stereocenters. The van der Waals surface area contributed by atoms with Gasteiger partial charge in [0, 0.05) is 11.1 Å². The Morgan fingerprint density at radius 1 is 0.800 bits per heavy atom. The summed E-state index contributed by atoms with van der Waals surface area (Å²) in [4.78, 5) is 0. The Balaban J connectivity index is 2.42. The Bertz CT molecular complexity index is 897. The van der Waals surface area contributed by atoms with Gasteiger partial charge in [0.25, 0.3) is 0 Å². The van der Waals surface area contributed by atoms with Crippen LogP contribution in [-0.2, 0) is 5.60 Å². The molecule has 0 atom stereocenters. The summed E-state index contributed by atoms with van der Waals surface area (Å²) in [7, 11) is 1.93. The highest BCUT2D eigenvalue weighted by Gasteiger charge is 2.47. The van der Waals surface area contributed by atoms with E-state index in [2.05, 4.69) is 5.32 Å². The number of rotatable bonds is 5. The lowest BCUT2D eigenvalue weighted by Crippen LogP contribution is -2.43. The third-order valence-electron chi connectivity index (χ3n) is 5.39. The molecular weight excluding hydrogens is 416 g/mol. The summed E-state index contributed by atoms with van der Waals surface area (Å²) in [6, 6.07) is 0.996. The second-order valence-electron chi connectivity index (χ2n) is 6.92. The maximum atomic E-state index is 14.4. The molecule has 0 aromatic heterocycles. The van der Waals surface area contributed by atoms with Gasteiger partial charge in [-0.2, -0.15) is 8.78 Å². The molecule has 10 heteroatoms. The van der Waals surface area contributed by atoms with Gasteiger partial charge in [0.15, 0.2) is 34.8 Å². The molecule has 2 aromatic carbocycles. The van der Waals surface area contributed by atoms with E-state index in [9.17, 15) is 31.4 Å². The second kappa shape index (κ2) is 8.35. The fraction of sp³-hybridized carbons (Fsp3) is 0.400. The molecule has 2 N–H and O–H groups in total. The molecule has 0 amide bonds. The summed E-state index contributed by atoms with van der Waals surface area (Å²) in [5.41, 5.74) is -3.70. The molecule has 4 nitrogen and oxygen atoms in total. The number of ether oxygens (including phenoxy) is 2. The first-order chi connectivity index (χ1) is 14.2. The average molecular weight is 435 g/mol. The second-order valence-corrected chi connectivity index (χ2v) is 6.92. The first kappa shape index (κ1) is 22.2. The molecule has 164 valence electrons. The number of nitrogens with one attached hydrogen (secondary N) is 1. The predicted molar refractivity (Wildman–Crippen MR) is 94.3 cm³/mol. The van der Waals surface area contributed by atoms with Gasteiger partial charge in [0.1, 0.15) is 5.60 Å². The number of benzene rings is 2. The standard InChI is InChI=1S/C20H19F6NO3/c1-29-18-10(7-12(21)14(23)16(18)25)20(28,9-3-5-27-6-4-9)11-8-13(22)15(24)17(26)19(11)30-2/h7-9,27-28H,3-6H2,1-2H3. The Labute approximate surface area is 168 Å². The first-order valence-electron chi connectivity index (χ1n) is 9.05. The molecule has 3 rings (SSSR count). The van der Waals surface area contributed by atoms with Crippen molar-refractivity contribution in [2.45, 2.75) is 18.4 Å². The predicted octanol–water partition coefficient (Wildman–Crippen LogP) is 3.77. The maximum absolute atomic E-state index is 14.4. The van der Waals surface area contributed by atoms with Crippen LogP contribution in [0.4, 0.5) is 26.3 Å². The lowest BCUT2D eigenvalue weighted by molar-refractivity contribution is -0.00305. The number of aliphatic hydroxyl groups is 1. The minimum absolute atomic E-state index is 0.212. The fourth-order valence-electron chi connectivity index (χ4n) is 3.95. The van der Waals surface area contributed by atoms with Gasteiger partial charge >= 0.3 is 0 Å². The minimum Gasteiger partial charge on any atom is -0.493 e. The molecule has 1 aliphatic heterocycles. The van der Waals surface area contributed by atoms with Crippen LogP contribution < -0.4 is 14.8 Å². The Kier molecular flexibility index (Phi) is 6.19. The van der Waals surface area contributed by atoms with Gasteiger partial charge < -0.3 is 19.9 Å². The molecule has 2 aromatic rings. The summed E-state index contributed by atoms with van der Waals surface area (Å²) < 4.78 is 94.5. The quantitative estimate of drug-likeness (QED) is 0.555. The summed E-state index contributed by atoms with van der Waals surface area (Å²) >= 11 is 0. The first-order valence-corrected chi connectivity index (χ1v) is 9.05. The molecule has 1 fully saturated rings. The zero-order valence-electron chi connectivity index (χ0n) is 16.1. The van der Waals surface area contributed by atoms with Crippen LogP contribution in [0.1, 0.15) is 24.0 Å². The van der Waals surface area contributed by atoms with Gasteiger partial charge in [-0.15, -0.1) is 0 Å². The highest BCUT2D eigenvalue weighted by molar-refractivity contribution is 5.52. The van der Waals surface area contributed by atoms with Gasteiger partial charge in [0.05, 0.1) is 14.2 Å². The van der Waals surface area contributed by atoms with Crippen molar-refractivity contribution in [1.82, 2.24) is 5.32 Å². The van der Waals surface area contributed by atoms with Gasteiger partial charge in [-0.3, -0.25) is 0 Å². The fourth-order valence-corrected chi connectivity index (χ4v) is 3.95. The van der Waals surface area contributed by atoms with Crippen LogP contribution >= 0.6 is 0 Å². The molecule has 1 saturated heterocycles. The lowest BCUT2D eigenvalue weighted by Gasteiger charge is -2.40. The summed E-state index contributed by atoms with van der Waals surface area (Å²) in [6.45, 7) is 0.742. The minimum atomic E-state index is -2.50. The third-order valence-corrected chi connectivity index (χ3v) is 5.39. The smallest absolute Gasteiger partial charge is 0.204 e. The number of piperidine rings is 1. The van der Waals surface area contributed by atoms with E-state index < -0.39 is 69.0 Å².